The number of para-hydroxylation sites is 1. The number of anilines is 1. The smallest absolute Gasteiger partial charge is 0.191 e. The SMILES string of the molecule is CN=C(NCCNc1ccc2ccccc2n1)NCc1cccs1.I. The lowest BCUT2D eigenvalue weighted by atomic mass is 10.2. The van der Waals surface area contributed by atoms with Crippen molar-refractivity contribution in [3.63, 3.8) is 0 Å². The second-order valence-electron chi connectivity index (χ2n) is 5.25. The van der Waals surface area contributed by atoms with Gasteiger partial charge in [-0.05, 0) is 29.6 Å². The van der Waals surface area contributed by atoms with E-state index in [0.717, 1.165) is 42.3 Å². The minimum absolute atomic E-state index is 0. The maximum Gasteiger partial charge on any atom is 0.191 e. The van der Waals surface area contributed by atoms with E-state index < -0.39 is 0 Å². The summed E-state index contributed by atoms with van der Waals surface area (Å²) in [6.07, 6.45) is 0. The number of nitrogens with zero attached hydrogens (tertiary/aromatic N) is 2. The number of hydrogen-bond donors (Lipinski definition) is 3. The number of hydrogen-bond acceptors (Lipinski definition) is 4. The third kappa shape index (κ3) is 5.86. The van der Waals surface area contributed by atoms with Gasteiger partial charge in [-0.15, -0.1) is 35.3 Å². The standard InChI is InChI=1S/C18H21N5S.HI/c1-19-18(22-13-15-6-4-12-24-15)21-11-10-20-17-9-8-14-5-2-3-7-16(14)23-17;/h2-9,12H,10-11,13H2,1H3,(H,20,23)(H2,19,21,22);1H. The molecule has 0 spiro atoms. The Hall–Kier alpha value is -1.87. The fourth-order valence-corrected chi connectivity index (χ4v) is 2.99. The van der Waals surface area contributed by atoms with Crippen molar-refractivity contribution >= 4 is 58.0 Å². The van der Waals surface area contributed by atoms with Gasteiger partial charge in [0.2, 0.25) is 0 Å². The topological polar surface area (TPSA) is 61.3 Å². The largest absolute Gasteiger partial charge is 0.368 e. The molecular weight excluding hydrogens is 445 g/mol. The lowest BCUT2D eigenvalue weighted by molar-refractivity contribution is 0.818. The molecule has 3 N–H and O–H groups in total. The molecule has 0 aliphatic rings. The van der Waals surface area contributed by atoms with Crippen LogP contribution in [0, 0.1) is 0 Å². The molecule has 0 unspecified atom stereocenters. The molecule has 0 saturated heterocycles. The predicted molar refractivity (Wildman–Crippen MR) is 118 cm³/mol. The van der Waals surface area contributed by atoms with Crippen molar-refractivity contribution in [2.45, 2.75) is 6.54 Å². The van der Waals surface area contributed by atoms with Gasteiger partial charge in [0.25, 0.3) is 0 Å². The van der Waals surface area contributed by atoms with E-state index in [2.05, 4.69) is 55.6 Å². The molecule has 25 heavy (non-hydrogen) atoms. The van der Waals surface area contributed by atoms with Gasteiger partial charge in [0.15, 0.2) is 5.96 Å². The van der Waals surface area contributed by atoms with Gasteiger partial charge in [-0.1, -0.05) is 24.3 Å². The summed E-state index contributed by atoms with van der Waals surface area (Å²) in [5, 5.41) is 13.2. The van der Waals surface area contributed by atoms with Crippen LogP contribution in [0.4, 0.5) is 5.82 Å². The monoisotopic (exact) mass is 467 g/mol. The van der Waals surface area contributed by atoms with Gasteiger partial charge in [0.1, 0.15) is 5.82 Å². The molecule has 7 heteroatoms. The van der Waals surface area contributed by atoms with Crippen LogP contribution < -0.4 is 16.0 Å². The van der Waals surface area contributed by atoms with Crippen LogP contribution in [0.1, 0.15) is 4.88 Å². The highest BCUT2D eigenvalue weighted by Crippen LogP contribution is 2.14. The summed E-state index contributed by atoms with van der Waals surface area (Å²) in [6, 6.07) is 16.4. The molecule has 0 amide bonds. The highest BCUT2D eigenvalue weighted by molar-refractivity contribution is 14.0. The molecule has 0 fully saturated rings. The number of pyridine rings is 1. The first kappa shape index (κ1) is 19.5. The van der Waals surface area contributed by atoms with E-state index in [1.54, 1.807) is 18.4 Å². The highest BCUT2D eigenvalue weighted by Gasteiger charge is 2.00. The summed E-state index contributed by atoms with van der Waals surface area (Å²) in [5.41, 5.74) is 1.00. The average Bonchev–Trinajstić information content (AvgIpc) is 3.14. The third-order valence-electron chi connectivity index (χ3n) is 3.56. The van der Waals surface area contributed by atoms with Crippen LogP contribution in [0.25, 0.3) is 10.9 Å². The molecule has 0 bridgehead atoms. The lowest BCUT2D eigenvalue weighted by Gasteiger charge is -2.12. The number of thiophene rings is 1. The quantitative estimate of drug-likeness (QED) is 0.224. The van der Waals surface area contributed by atoms with Crippen LogP contribution in [0.5, 0.6) is 0 Å². The van der Waals surface area contributed by atoms with E-state index >= 15 is 0 Å². The van der Waals surface area contributed by atoms with Gasteiger partial charge in [0, 0.05) is 30.4 Å². The van der Waals surface area contributed by atoms with Crippen molar-refractivity contribution < 1.29 is 0 Å². The molecule has 2 aromatic heterocycles. The number of rotatable bonds is 6. The Balaban J connectivity index is 0.00000225. The van der Waals surface area contributed by atoms with Gasteiger partial charge < -0.3 is 16.0 Å². The number of benzene rings is 1. The zero-order chi connectivity index (χ0) is 16.6. The maximum atomic E-state index is 4.60. The van der Waals surface area contributed by atoms with E-state index in [-0.39, 0.29) is 24.0 Å². The van der Waals surface area contributed by atoms with E-state index in [0.29, 0.717) is 0 Å². The molecule has 3 aromatic rings. The van der Waals surface area contributed by atoms with E-state index in [9.17, 15) is 0 Å². The number of aromatic nitrogens is 1. The number of fused-ring (bicyclic) bond motifs is 1. The third-order valence-corrected chi connectivity index (χ3v) is 4.43. The summed E-state index contributed by atoms with van der Waals surface area (Å²) >= 11 is 1.74. The molecule has 3 rings (SSSR count). The molecule has 0 atom stereocenters. The summed E-state index contributed by atoms with van der Waals surface area (Å²) in [6.45, 7) is 2.32. The summed E-state index contributed by atoms with van der Waals surface area (Å²) in [5.74, 6) is 1.69. The average molecular weight is 467 g/mol. The van der Waals surface area contributed by atoms with Gasteiger partial charge in [-0.2, -0.15) is 0 Å². The minimum Gasteiger partial charge on any atom is -0.368 e. The number of nitrogens with one attached hydrogen (secondary N) is 3. The molecule has 0 radical (unpaired) electrons. The number of halogens is 1. The van der Waals surface area contributed by atoms with Crippen LogP contribution in [-0.2, 0) is 6.54 Å². The van der Waals surface area contributed by atoms with Crippen molar-refractivity contribution in [3.8, 4) is 0 Å². The van der Waals surface area contributed by atoms with Crippen LogP contribution in [-0.4, -0.2) is 31.1 Å². The first-order chi connectivity index (χ1) is 11.8. The maximum absolute atomic E-state index is 4.60. The Morgan fingerprint density at radius 2 is 1.92 bits per heavy atom. The zero-order valence-corrected chi connectivity index (χ0v) is 17.2. The van der Waals surface area contributed by atoms with Crippen molar-refractivity contribution in [1.29, 1.82) is 0 Å². The van der Waals surface area contributed by atoms with E-state index in [4.69, 9.17) is 0 Å². The van der Waals surface area contributed by atoms with Gasteiger partial charge in [-0.3, -0.25) is 4.99 Å². The van der Waals surface area contributed by atoms with E-state index in [1.165, 1.54) is 4.88 Å². The van der Waals surface area contributed by atoms with Crippen LogP contribution in [0.2, 0.25) is 0 Å². The Morgan fingerprint density at radius 1 is 1.04 bits per heavy atom. The van der Waals surface area contributed by atoms with Crippen LogP contribution in [0.15, 0.2) is 58.9 Å². The zero-order valence-electron chi connectivity index (χ0n) is 14.0. The Bertz CT molecular complexity index is 804. The molecular formula is C18H22IN5S. The predicted octanol–water partition coefficient (Wildman–Crippen LogP) is 3.69. The van der Waals surface area contributed by atoms with Crippen molar-refractivity contribution in [1.82, 2.24) is 15.6 Å². The van der Waals surface area contributed by atoms with Crippen LogP contribution in [0.3, 0.4) is 0 Å². The first-order valence-corrected chi connectivity index (χ1v) is 8.80. The van der Waals surface area contributed by atoms with Gasteiger partial charge in [0.05, 0.1) is 12.1 Å². The number of aliphatic imine (C=N–C) groups is 1. The normalized spacial score (nSPS) is 11.0. The van der Waals surface area contributed by atoms with Crippen molar-refractivity contribution in [2.24, 2.45) is 4.99 Å². The lowest BCUT2D eigenvalue weighted by Crippen LogP contribution is -2.39. The summed E-state index contributed by atoms with van der Waals surface area (Å²) < 4.78 is 0. The first-order valence-electron chi connectivity index (χ1n) is 7.92. The fourth-order valence-electron chi connectivity index (χ4n) is 2.34. The van der Waals surface area contributed by atoms with Gasteiger partial charge >= 0.3 is 0 Å². The summed E-state index contributed by atoms with van der Waals surface area (Å²) in [4.78, 5) is 10.1. The Kier molecular flexibility index (Phi) is 7.93. The molecule has 2 heterocycles. The molecule has 0 aliphatic carbocycles. The molecule has 0 saturated carbocycles. The van der Waals surface area contributed by atoms with Crippen molar-refractivity contribution in [2.75, 3.05) is 25.5 Å². The van der Waals surface area contributed by atoms with Gasteiger partial charge in [-0.25, -0.2) is 4.98 Å². The number of guanidine groups is 1. The van der Waals surface area contributed by atoms with Crippen LogP contribution >= 0.6 is 35.3 Å². The summed E-state index contributed by atoms with van der Waals surface area (Å²) in [7, 11) is 1.78. The molecule has 0 aliphatic heterocycles. The fraction of sp³-hybridized carbons (Fsp3) is 0.222. The Labute approximate surface area is 169 Å². The molecule has 5 nitrogen and oxygen atoms in total. The molecule has 132 valence electrons. The minimum atomic E-state index is 0. The van der Waals surface area contributed by atoms with E-state index in [1.807, 2.05) is 24.3 Å². The second-order valence-corrected chi connectivity index (χ2v) is 6.28. The Morgan fingerprint density at radius 3 is 2.72 bits per heavy atom. The second kappa shape index (κ2) is 10.2. The molecule has 1 aromatic carbocycles. The highest BCUT2D eigenvalue weighted by atomic mass is 127. The van der Waals surface area contributed by atoms with Crippen molar-refractivity contribution in [3.05, 3.63) is 58.8 Å².